The minimum absolute atomic E-state index is 0.163. The molecule has 1 aliphatic heterocycles. The normalized spacial score (nSPS) is 22.1. The molecule has 1 fully saturated rings. The molecular formula is C13H20N4O3. The maximum Gasteiger partial charge on any atom is 0.271 e. The lowest BCUT2D eigenvalue weighted by molar-refractivity contribution is 0.0957. The molecular weight excluding hydrogens is 260 g/mol. The molecule has 0 bridgehead atoms. The summed E-state index contributed by atoms with van der Waals surface area (Å²) in [5, 5.41) is 10.6. The Morgan fingerprint density at radius 2 is 2.25 bits per heavy atom. The van der Waals surface area contributed by atoms with Gasteiger partial charge in [0.15, 0.2) is 11.5 Å². The zero-order valence-electron chi connectivity index (χ0n) is 12.0. The van der Waals surface area contributed by atoms with Gasteiger partial charge < -0.3 is 19.7 Å². The molecule has 7 nitrogen and oxygen atoms in total. The Balaban J connectivity index is 2.14. The van der Waals surface area contributed by atoms with E-state index in [0.29, 0.717) is 12.3 Å². The Kier molecular flexibility index (Phi) is 4.86. The summed E-state index contributed by atoms with van der Waals surface area (Å²) >= 11 is 0. The van der Waals surface area contributed by atoms with Gasteiger partial charge >= 0.3 is 0 Å². The Morgan fingerprint density at radius 1 is 1.45 bits per heavy atom. The van der Waals surface area contributed by atoms with Crippen LogP contribution in [0.5, 0.6) is 0 Å². The smallest absolute Gasteiger partial charge is 0.271 e. The van der Waals surface area contributed by atoms with Crippen LogP contribution >= 0.6 is 0 Å². The highest BCUT2D eigenvalue weighted by Gasteiger charge is 2.33. The molecule has 0 aliphatic carbocycles. The second-order valence-electron chi connectivity index (χ2n) is 4.71. The number of nitrogens with one attached hydrogen (secondary N) is 1. The van der Waals surface area contributed by atoms with E-state index in [0.717, 1.165) is 18.8 Å². The first-order valence-electron chi connectivity index (χ1n) is 6.53. The van der Waals surface area contributed by atoms with Crippen LogP contribution in [-0.4, -0.2) is 62.7 Å². The van der Waals surface area contributed by atoms with E-state index in [-0.39, 0.29) is 18.1 Å². The van der Waals surface area contributed by atoms with Crippen LogP contribution < -0.4 is 10.2 Å². The van der Waals surface area contributed by atoms with Gasteiger partial charge in [0.05, 0.1) is 18.8 Å². The number of nitrogens with zero attached hydrogens (tertiary/aromatic N) is 3. The zero-order valence-corrected chi connectivity index (χ0v) is 12.0. The molecule has 1 amide bonds. The van der Waals surface area contributed by atoms with E-state index in [9.17, 15) is 4.79 Å². The zero-order chi connectivity index (χ0) is 14.5. The fraction of sp³-hybridized carbons (Fsp3) is 0.615. The third kappa shape index (κ3) is 3.05. The second kappa shape index (κ2) is 6.62. The van der Waals surface area contributed by atoms with Crippen molar-refractivity contribution >= 4 is 11.7 Å². The fourth-order valence-electron chi connectivity index (χ4n) is 2.40. The maximum absolute atomic E-state index is 11.4. The van der Waals surface area contributed by atoms with E-state index in [1.54, 1.807) is 33.4 Å². The molecule has 0 aromatic carbocycles. The largest absolute Gasteiger partial charge is 0.383 e. The van der Waals surface area contributed by atoms with E-state index >= 15 is 0 Å². The average molecular weight is 280 g/mol. The summed E-state index contributed by atoms with van der Waals surface area (Å²) in [5.41, 5.74) is 0.307. The van der Waals surface area contributed by atoms with E-state index in [4.69, 9.17) is 9.47 Å². The number of methoxy groups -OCH3 is 2. The van der Waals surface area contributed by atoms with Gasteiger partial charge in [-0.1, -0.05) is 0 Å². The molecule has 2 rings (SSSR count). The van der Waals surface area contributed by atoms with E-state index in [1.165, 1.54) is 0 Å². The third-order valence-corrected chi connectivity index (χ3v) is 3.47. The van der Waals surface area contributed by atoms with Crippen molar-refractivity contribution in [3.05, 3.63) is 17.8 Å². The molecule has 1 N–H and O–H groups in total. The lowest BCUT2D eigenvalue weighted by atomic mass is 10.2. The predicted octanol–water partition coefficient (Wildman–Crippen LogP) is 0.0763. The molecule has 1 aromatic heterocycles. The predicted molar refractivity (Wildman–Crippen MR) is 73.8 cm³/mol. The molecule has 1 aliphatic rings. The Morgan fingerprint density at radius 3 is 2.80 bits per heavy atom. The highest BCUT2D eigenvalue weighted by molar-refractivity contribution is 5.91. The van der Waals surface area contributed by atoms with Crippen LogP contribution in [0.25, 0.3) is 0 Å². The molecule has 2 heterocycles. The summed E-state index contributed by atoms with van der Waals surface area (Å²) in [6, 6.07) is 3.69. The highest BCUT2D eigenvalue weighted by Crippen LogP contribution is 2.25. The van der Waals surface area contributed by atoms with Crippen molar-refractivity contribution in [2.24, 2.45) is 0 Å². The minimum Gasteiger partial charge on any atom is -0.383 e. The molecule has 1 aromatic rings. The topological polar surface area (TPSA) is 76.6 Å². The summed E-state index contributed by atoms with van der Waals surface area (Å²) in [6.45, 7) is 1.36. The average Bonchev–Trinajstić information content (AvgIpc) is 2.90. The van der Waals surface area contributed by atoms with Gasteiger partial charge in [-0.3, -0.25) is 4.79 Å². The Labute approximate surface area is 118 Å². The Bertz CT molecular complexity index is 451. The van der Waals surface area contributed by atoms with Crippen molar-refractivity contribution in [3.8, 4) is 0 Å². The lowest BCUT2D eigenvalue weighted by Gasteiger charge is -2.24. The first-order chi connectivity index (χ1) is 9.69. The summed E-state index contributed by atoms with van der Waals surface area (Å²) in [6.07, 6.45) is 1.05. The van der Waals surface area contributed by atoms with Crippen molar-refractivity contribution in [1.82, 2.24) is 15.5 Å². The van der Waals surface area contributed by atoms with Gasteiger partial charge in [-0.05, 0) is 18.6 Å². The van der Waals surface area contributed by atoms with Crippen molar-refractivity contribution in [3.63, 3.8) is 0 Å². The number of anilines is 1. The van der Waals surface area contributed by atoms with Crippen LogP contribution in [0.2, 0.25) is 0 Å². The molecule has 0 spiro atoms. The van der Waals surface area contributed by atoms with Crippen LogP contribution in [0.4, 0.5) is 5.82 Å². The quantitative estimate of drug-likeness (QED) is 0.823. The van der Waals surface area contributed by atoms with Crippen LogP contribution in [0.15, 0.2) is 12.1 Å². The van der Waals surface area contributed by atoms with Crippen molar-refractivity contribution in [2.45, 2.75) is 18.6 Å². The summed E-state index contributed by atoms with van der Waals surface area (Å²) < 4.78 is 10.6. The SMILES string of the molecule is CNC(=O)c1ccc(N2C[C@@H](OC)C[C@H]2COC)nn1. The van der Waals surface area contributed by atoms with Gasteiger partial charge in [0.25, 0.3) is 5.91 Å². The van der Waals surface area contributed by atoms with Crippen LogP contribution in [0.1, 0.15) is 16.9 Å². The lowest BCUT2D eigenvalue weighted by Crippen LogP contribution is -2.34. The summed E-state index contributed by atoms with van der Waals surface area (Å²) in [4.78, 5) is 13.6. The number of carbonyl (C=O) groups is 1. The highest BCUT2D eigenvalue weighted by atomic mass is 16.5. The number of ether oxygens (including phenoxy) is 2. The molecule has 0 unspecified atom stereocenters. The van der Waals surface area contributed by atoms with Gasteiger partial charge in [0.2, 0.25) is 0 Å². The van der Waals surface area contributed by atoms with Crippen molar-refractivity contribution < 1.29 is 14.3 Å². The minimum atomic E-state index is -0.242. The molecule has 0 radical (unpaired) electrons. The van der Waals surface area contributed by atoms with Crippen molar-refractivity contribution in [2.75, 3.05) is 39.3 Å². The number of hydrogen-bond donors (Lipinski definition) is 1. The standard InChI is InChI=1S/C13H20N4O3/c1-14-13(18)11-4-5-12(16-15-11)17-7-10(20-3)6-9(17)8-19-2/h4-5,9-10H,6-8H2,1-3H3,(H,14,18)/t9-,10-/m0/s1. The number of hydrogen-bond acceptors (Lipinski definition) is 6. The molecule has 2 atom stereocenters. The number of carbonyl (C=O) groups excluding carboxylic acids is 1. The van der Waals surface area contributed by atoms with Gasteiger partial charge in [-0.25, -0.2) is 0 Å². The van der Waals surface area contributed by atoms with E-state index in [1.807, 2.05) is 0 Å². The number of aromatic nitrogens is 2. The van der Waals surface area contributed by atoms with Crippen LogP contribution in [-0.2, 0) is 9.47 Å². The fourth-order valence-corrected chi connectivity index (χ4v) is 2.40. The second-order valence-corrected chi connectivity index (χ2v) is 4.71. The number of rotatable bonds is 5. The first-order valence-corrected chi connectivity index (χ1v) is 6.53. The first kappa shape index (κ1) is 14.7. The van der Waals surface area contributed by atoms with Gasteiger partial charge in [-0.2, -0.15) is 0 Å². The summed E-state index contributed by atoms with van der Waals surface area (Å²) in [7, 11) is 4.95. The molecule has 110 valence electrons. The molecule has 0 saturated carbocycles. The van der Waals surface area contributed by atoms with Crippen LogP contribution in [0.3, 0.4) is 0 Å². The third-order valence-electron chi connectivity index (χ3n) is 3.47. The summed E-state index contributed by atoms with van der Waals surface area (Å²) in [5.74, 6) is 0.493. The van der Waals surface area contributed by atoms with Crippen molar-refractivity contribution in [1.29, 1.82) is 0 Å². The van der Waals surface area contributed by atoms with E-state index < -0.39 is 0 Å². The van der Waals surface area contributed by atoms with Gasteiger partial charge in [-0.15, -0.1) is 10.2 Å². The molecule has 1 saturated heterocycles. The van der Waals surface area contributed by atoms with Gasteiger partial charge in [0.1, 0.15) is 0 Å². The monoisotopic (exact) mass is 280 g/mol. The molecule has 20 heavy (non-hydrogen) atoms. The maximum atomic E-state index is 11.4. The van der Waals surface area contributed by atoms with Crippen LogP contribution in [0, 0.1) is 0 Å². The Hall–Kier alpha value is -1.73. The number of amides is 1. The van der Waals surface area contributed by atoms with E-state index in [2.05, 4.69) is 20.4 Å². The molecule has 7 heteroatoms. The van der Waals surface area contributed by atoms with Gasteiger partial charge in [0, 0.05) is 27.8 Å².